The molecule has 1 aromatic heterocycles. The Morgan fingerprint density at radius 3 is 2.87 bits per heavy atom. The lowest BCUT2D eigenvalue weighted by molar-refractivity contribution is -0.156. The van der Waals surface area contributed by atoms with Gasteiger partial charge in [0.1, 0.15) is 5.75 Å². The van der Waals surface area contributed by atoms with Crippen LogP contribution in [0.25, 0.3) is 11.0 Å². The van der Waals surface area contributed by atoms with Crippen molar-refractivity contribution in [1.82, 2.24) is 9.97 Å². The summed E-state index contributed by atoms with van der Waals surface area (Å²) in [4.78, 5) is 20.1. The van der Waals surface area contributed by atoms with Crippen molar-refractivity contribution in [2.24, 2.45) is 5.41 Å². The van der Waals surface area contributed by atoms with E-state index >= 15 is 0 Å². The maximum Gasteiger partial charge on any atom is 0.312 e. The van der Waals surface area contributed by atoms with Crippen molar-refractivity contribution < 1.29 is 19.0 Å². The van der Waals surface area contributed by atoms with Gasteiger partial charge < -0.3 is 19.2 Å². The number of hydrogen-bond donors (Lipinski definition) is 1. The highest BCUT2D eigenvalue weighted by Gasteiger charge is 2.41. The van der Waals surface area contributed by atoms with E-state index in [4.69, 9.17) is 14.2 Å². The van der Waals surface area contributed by atoms with Crippen molar-refractivity contribution in [2.45, 2.75) is 18.0 Å². The number of ether oxygens (including phenoxy) is 3. The molecule has 1 aliphatic rings. The second kappa shape index (κ2) is 6.80. The van der Waals surface area contributed by atoms with Gasteiger partial charge in [0.15, 0.2) is 5.16 Å². The number of esters is 1. The summed E-state index contributed by atoms with van der Waals surface area (Å²) < 4.78 is 15.6. The fraction of sp³-hybridized carbons (Fsp3) is 0.500. The van der Waals surface area contributed by atoms with Crippen LogP contribution in [0.5, 0.6) is 5.75 Å². The number of carbonyl (C=O) groups is 1. The predicted octanol–water partition coefficient (Wildman–Crippen LogP) is 2.63. The van der Waals surface area contributed by atoms with Crippen molar-refractivity contribution >= 4 is 28.8 Å². The lowest BCUT2D eigenvalue weighted by atomic mass is 9.82. The standard InChI is InChI=1S/C16H20N2O4S/c1-20-11-3-4-12-13(9-11)18-15(17-12)23-10-16(14(19)21-2)5-7-22-8-6-16/h3-4,9H,5-8,10H2,1-2H3,(H,17,18). The second-order valence-corrected chi connectivity index (χ2v) is 6.56. The quantitative estimate of drug-likeness (QED) is 0.668. The fourth-order valence-corrected chi connectivity index (χ4v) is 3.92. The van der Waals surface area contributed by atoms with Crippen LogP contribution < -0.4 is 4.74 Å². The molecule has 0 bridgehead atoms. The van der Waals surface area contributed by atoms with Gasteiger partial charge in [-0.15, -0.1) is 0 Å². The van der Waals surface area contributed by atoms with Crippen LogP contribution in [0.15, 0.2) is 23.4 Å². The molecule has 1 saturated heterocycles. The molecule has 2 aromatic rings. The maximum atomic E-state index is 12.2. The van der Waals surface area contributed by atoms with Crippen LogP contribution in [0.1, 0.15) is 12.8 Å². The Bertz CT molecular complexity index is 694. The summed E-state index contributed by atoms with van der Waals surface area (Å²) in [5.41, 5.74) is 1.31. The van der Waals surface area contributed by atoms with Gasteiger partial charge in [0.05, 0.1) is 30.7 Å². The van der Waals surface area contributed by atoms with Gasteiger partial charge in [0.2, 0.25) is 0 Å². The topological polar surface area (TPSA) is 73.4 Å². The molecule has 1 fully saturated rings. The molecule has 1 aliphatic heterocycles. The predicted molar refractivity (Wildman–Crippen MR) is 87.9 cm³/mol. The number of aromatic amines is 1. The van der Waals surface area contributed by atoms with E-state index in [-0.39, 0.29) is 5.97 Å². The largest absolute Gasteiger partial charge is 0.497 e. The van der Waals surface area contributed by atoms with Crippen LogP contribution in [0, 0.1) is 5.41 Å². The van der Waals surface area contributed by atoms with E-state index in [1.807, 2.05) is 18.2 Å². The highest BCUT2D eigenvalue weighted by molar-refractivity contribution is 7.99. The maximum absolute atomic E-state index is 12.2. The average molecular weight is 336 g/mol. The number of hydrogen-bond acceptors (Lipinski definition) is 6. The van der Waals surface area contributed by atoms with E-state index in [1.165, 1.54) is 7.11 Å². The second-order valence-electron chi connectivity index (χ2n) is 5.60. The molecule has 0 amide bonds. The van der Waals surface area contributed by atoms with Gasteiger partial charge in [-0.1, -0.05) is 11.8 Å². The first kappa shape index (κ1) is 16.1. The number of nitrogens with zero attached hydrogens (tertiary/aromatic N) is 1. The van der Waals surface area contributed by atoms with Crippen LogP contribution in [0.4, 0.5) is 0 Å². The normalized spacial score (nSPS) is 17.1. The van der Waals surface area contributed by atoms with Crippen LogP contribution in [-0.2, 0) is 14.3 Å². The van der Waals surface area contributed by atoms with Crippen molar-refractivity contribution in [3.63, 3.8) is 0 Å². The number of carbonyl (C=O) groups excluding carboxylic acids is 1. The molecule has 124 valence electrons. The zero-order chi connectivity index (χ0) is 16.3. The van der Waals surface area contributed by atoms with E-state index in [0.29, 0.717) is 31.8 Å². The first-order valence-electron chi connectivity index (χ1n) is 7.49. The van der Waals surface area contributed by atoms with E-state index in [0.717, 1.165) is 21.9 Å². The zero-order valence-electron chi connectivity index (χ0n) is 13.3. The number of thioether (sulfide) groups is 1. The van der Waals surface area contributed by atoms with Crippen molar-refractivity contribution in [3.05, 3.63) is 18.2 Å². The number of benzene rings is 1. The first-order valence-corrected chi connectivity index (χ1v) is 8.48. The van der Waals surface area contributed by atoms with Gasteiger partial charge in [-0.2, -0.15) is 0 Å². The van der Waals surface area contributed by atoms with E-state index in [2.05, 4.69) is 9.97 Å². The van der Waals surface area contributed by atoms with E-state index < -0.39 is 5.41 Å². The van der Waals surface area contributed by atoms with Crippen LogP contribution >= 0.6 is 11.8 Å². The molecule has 0 spiro atoms. The summed E-state index contributed by atoms with van der Waals surface area (Å²) in [6.07, 6.45) is 1.36. The van der Waals surface area contributed by atoms with Crippen LogP contribution in [0.2, 0.25) is 0 Å². The monoisotopic (exact) mass is 336 g/mol. The molecule has 0 atom stereocenters. The Kier molecular flexibility index (Phi) is 4.77. The van der Waals surface area contributed by atoms with Gasteiger partial charge in [-0.05, 0) is 25.0 Å². The molecule has 6 nitrogen and oxygen atoms in total. The Labute approximate surface area is 138 Å². The Morgan fingerprint density at radius 2 is 2.17 bits per heavy atom. The lowest BCUT2D eigenvalue weighted by Crippen LogP contribution is -2.40. The van der Waals surface area contributed by atoms with E-state index in [1.54, 1.807) is 18.9 Å². The van der Waals surface area contributed by atoms with Crippen LogP contribution in [-0.4, -0.2) is 49.1 Å². The fourth-order valence-electron chi connectivity index (χ4n) is 2.75. The SMILES string of the molecule is COC(=O)C1(CSc2nc3ccc(OC)cc3[nH]2)CCOCC1. The van der Waals surface area contributed by atoms with E-state index in [9.17, 15) is 4.79 Å². The number of rotatable bonds is 5. The van der Waals surface area contributed by atoms with Gasteiger partial charge in [-0.25, -0.2) is 4.98 Å². The zero-order valence-corrected chi connectivity index (χ0v) is 14.1. The minimum Gasteiger partial charge on any atom is -0.497 e. The molecular formula is C16H20N2O4S. The molecule has 0 saturated carbocycles. The number of aromatic nitrogens is 2. The summed E-state index contributed by atoms with van der Waals surface area (Å²) in [7, 11) is 3.08. The summed E-state index contributed by atoms with van der Waals surface area (Å²) >= 11 is 1.54. The Hall–Kier alpha value is -1.73. The molecule has 0 aliphatic carbocycles. The van der Waals surface area contributed by atoms with Crippen molar-refractivity contribution in [1.29, 1.82) is 0 Å². The van der Waals surface area contributed by atoms with Crippen LogP contribution in [0.3, 0.4) is 0 Å². The lowest BCUT2D eigenvalue weighted by Gasteiger charge is -2.33. The van der Waals surface area contributed by atoms with Gasteiger partial charge in [-0.3, -0.25) is 4.79 Å². The molecule has 0 unspecified atom stereocenters. The highest BCUT2D eigenvalue weighted by Crippen LogP contribution is 2.37. The highest BCUT2D eigenvalue weighted by atomic mass is 32.2. The number of fused-ring (bicyclic) bond motifs is 1. The Balaban J connectivity index is 1.76. The summed E-state index contributed by atoms with van der Waals surface area (Å²) in [6.45, 7) is 1.18. The number of nitrogens with one attached hydrogen (secondary N) is 1. The van der Waals surface area contributed by atoms with Gasteiger partial charge >= 0.3 is 5.97 Å². The number of methoxy groups -OCH3 is 2. The molecule has 0 radical (unpaired) electrons. The Morgan fingerprint density at radius 1 is 1.39 bits per heavy atom. The minimum absolute atomic E-state index is 0.161. The van der Waals surface area contributed by atoms with Gasteiger partial charge in [0.25, 0.3) is 0 Å². The van der Waals surface area contributed by atoms with Crippen molar-refractivity contribution in [3.8, 4) is 5.75 Å². The van der Waals surface area contributed by atoms with Crippen molar-refractivity contribution in [2.75, 3.05) is 33.2 Å². The third-order valence-corrected chi connectivity index (χ3v) is 5.38. The average Bonchev–Trinajstić information content (AvgIpc) is 3.02. The number of H-pyrrole nitrogens is 1. The van der Waals surface area contributed by atoms with Gasteiger partial charge in [0, 0.05) is 25.0 Å². The summed E-state index contributed by atoms with van der Waals surface area (Å²) in [5, 5.41) is 0.794. The number of imidazole rings is 1. The summed E-state index contributed by atoms with van der Waals surface area (Å²) in [6, 6.07) is 5.71. The summed E-state index contributed by atoms with van der Waals surface area (Å²) in [5.74, 6) is 1.25. The molecule has 7 heteroatoms. The molecule has 1 N–H and O–H groups in total. The molecule has 23 heavy (non-hydrogen) atoms. The molecule has 3 rings (SSSR count). The molecule has 2 heterocycles. The smallest absolute Gasteiger partial charge is 0.312 e. The molecular weight excluding hydrogens is 316 g/mol. The molecule has 1 aromatic carbocycles. The first-order chi connectivity index (χ1) is 11.2. The third kappa shape index (κ3) is 3.30. The minimum atomic E-state index is -0.492. The third-order valence-electron chi connectivity index (χ3n) is 4.22.